The minimum absolute atomic E-state index is 0.0263. The molecule has 154 valence electrons. The molecule has 3 heterocycles. The summed E-state index contributed by atoms with van der Waals surface area (Å²) in [7, 11) is 0. The molecule has 0 radical (unpaired) electrons. The third-order valence-corrected chi connectivity index (χ3v) is 6.40. The minimum atomic E-state index is -0.517. The van der Waals surface area contributed by atoms with Gasteiger partial charge in [0, 0.05) is 29.4 Å². The fourth-order valence-electron chi connectivity index (χ4n) is 5.08. The predicted octanol–water partition coefficient (Wildman–Crippen LogP) is 3.75. The van der Waals surface area contributed by atoms with E-state index in [9.17, 15) is 9.59 Å². The SMILES string of the molecule is CC(C)C[C@@H]1c2[nH]c3ccccc3c2C[C@H]2C(=O)N[C@@H](Cc3ccccc3)C(=O)N12. The summed E-state index contributed by atoms with van der Waals surface area (Å²) in [5.74, 6) is 0.386. The van der Waals surface area contributed by atoms with Gasteiger partial charge in [0.15, 0.2) is 0 Å². The molecule has 2 N–H and O–H groups in total. The van der Waals surface area contributed by atoms with Crippen LogP contribution in [0.1, 0.15) is 43.1 Å². The first kappa shape index (κ1) is 18.9. The zero-order valence-corrected chi connectivity index (χ0v) is 17.4. The van der Waals surface area contributed by atoms with Crippen LogP contribution in [0.15, 0.2) is 54.6 Å². The third kappa shape index (κ3) is 3.09. The summed E-state index contributed by atoms with van der Waals surface area (Å²) in [6.45, 7) is 4.34. The molecular formula is C25H27N3O2. The van der Waals surface area contributed by atoms with Crippen molar-refractivity contribution in [2.45, 2.75) is 51.2 Å². The van der Waals surface area contributed by atoms with Gasteiger partial charge in [-0.05, 0) is 29.5 Å². The second kappa shape index (κ2) is 7.31. The molecule has 3 aromatic rings. The van der Waals surface area contributed by atoms with Crippen molar-refractivity contribution in [1.82, 2.24) is 15.2 Å². The smallest absolute Gasteiger partial charge is 0.246 e. The van der Waals surface area contributed by atoms with E-state index in [1.54, 1.807) is 0 Å². The lowest BCUT2D eigenvalue weighted by Gasteiger charge is -2.46. The van der Waals surface area contributed by atoms with E-state index >= 15 is 0 Å². The Kier molecular flexibility index (Phi) is 4.61. The Bertz CT molecular complexity index is 1100. The summed E-state index contributed by atoms with van der Waals surface area (Å²) >= 11 is 0. The molecule has 0 unspecified atom stereocenters. The number of rotatable bonds is 4. The van der Waals surface area contributed by atoms with Gasteiger partial charge in [0.05, 0.1) is 6.04 Å². The first-order valence-corrected chi connectivity index (χ1v) is 10.8. The largest absolute Gasteiger partial charge is 0.356 e. The van der Waals surface area contributed by atoms with Gasteiger partial charge in [0.2, 0.25) is 11.8 Å². The monoisotopic (exact) mass is 401 g/mol. The molecule has 0 aliphatic carbocycles. The molecule has 30 heavy (non-hydrogen) atoms. The predicted molar refractivity (Wildman–Crippen MR) is 117 cm³/mol. The molecule has 1 saturated heterocycles. The zero-order chi connectivity index (χ0) is 20.8. The Balaban J connectivity index is 1.56. The van der Waals surface area contributed by atoms with Crippen molar-refractivity contribution in [3.05, 3.63) is 71.4 Å². The number of para-hydroxylation sites is 1. The number of piperazine rings is 1. The molecule has 5 rings (SSSR count). The molecule has 2 aromatic carbocycles. The standard InChI is InChI=1S/C25H27N3O2/c1-15(2)12-21-23-18(17-10-6-7-11-19(17)26-23)14-22-24(29)27-20(25(30)28(21)22)13-16-8-4-3-5-9-16/h3-11,15,20-22,26H,12-14H2,1-2H3,(H,27,29)/t20-,21+,22-/m0/s1. The number of benzene rings is 2. The average Bonchev–Trinajstić information content (AvgIpc) is 3.11. The van der Waals surface area contributed by atoms with Crippen molar-refractivity contribution in [2.24, 2.45) is 5.92 Å². The maximum atomic E-state index is 13.6. The number of hydrogen-bond donors (Lipinski definition) is 2. The number of fused-ring (bicyclic) bond motifs is 4. The highest BCUT2D eigenvalue weighted by molar-refractivity contribution is 5.99. The Morgan fingerprint density at radius 2 is 1.77 bits per heavy atom. The Labute approximate surface area is 176 Å². The quantitative estimate of drug-likeness (QED) is 0.699. The van der Waals surface area contributed by atoms with Crippen LogP contribution in [0.5, 0.6) is 0 Å². The molecule has 0 saturated carbocycles. The summed E-state index contributed by atoms with van der Waals surface area (Å²) in [4.78, 5) is 32.2. The van der Waals surface area contributed by atoms with Crippen LogP contribution in [-0.4, -0.2) is 33.8 Å². The maximum Gasteiger partial charge on any atom is 0.246 e. The van der Waals surface area contributed by atoms with Gasteiger partial charge in [-0.2, -0.15) is 0 Å². The number of carbonyl (C=O) groups excluding carboxylic acids is 2. The van der Waals surface area contributed by atoms with Gasteiger partial charge in [-0.1, -0.05) is 62.4 Å². The molecule has 1 fully saturated rings. The topological polar surface area (TPSA) is 65.2 Å². The highest BCUT2D eigenvalue weighted by atomic mass is 16.2. The average molecular weight is 402 g/mol. The molecule has 3 atom stereocenters. The van der Waals surface area contributed by atoms with Gasteiger partial charge in [-0.25, -0.2) is 0 Å². The second-order valence-corrected chi connectivity index (χ2v) is 8.92. The van der Waals surface area contributed by atoms with Crippen LogP contribution in [0.2, 0.25) is 0 Å². The summed E-state index contributed by atoms with van der Waals surface area (Å²) < 4.78 is 0. The van der Waals surface area contributed by atoms with Crippen molar-refractivity contribution in [2.75, 3.05) is 0 Å². The summed E-state index contributed by atoms with van der Waals surface area (Å²) in [5.41, 5.74) is 4.41. The van der Waals surface area contributed by atoms with Gasteiger partial charge in [-0.3, -0.25) is 9.59 Å². The number of amides is 2. The van der Waals surface area contributed by atoms with E-state index in [1.807, 2.05) is 47.4 Å². The normalized spacial score (nSPS) is 23.4. The maximum absolute atomic E-state index is 13.6. The highest BCUT2D eigenvalue weighted by Gasteiger charge is 2.48. The van der Waals surface area contributed by atoms with E-state index in [1.165, 1.54) is 5.56 Å². The number of aromatic amines is 1. The van der Waals surface area contributed by atoms with Crippen molar-refractivity contribution in [3.8, 4) is 0 Å². The zero-order valence-electron chi connectivity index (χ0n) is 17.4. The van der Waals surface area contributed by atoms with E-state index in [0.717, 1.165) is 28.6 Å². The third-order valence-electron chi connectivity index (χ3n) is 6.40. The molecule has 1 aromatic heterocycles. The lowest BCUT2D eigenvalue weighted by atomic mass is 9.84. The van der Waals surface area contributed by atoms with Crippen LogP contribution in [0, 0.1) is 5.92 Å². The second-order valence-electron chi connectivity index (χ2n) is 8.92. The number of aromatic nitrogens is 1. The van der Waals surface area contributed by atoms with E-state index in [-0.39, 0.29) is 17.9 Å². The molecule has 2 aliphatic heterocycles. The van der Waals surface area contributed by atoms with E-state index in [4.69, 9.17) is 0 Å². The number of hydrogen-bond acceptors (Lipinski definition) is 2. The molecule has 0 spiro atoms. The molecule has 5 heteroatoms. The van der Waals surface area contributed by atoms with Gasteiger partial charge >= 0.3 is 0 Å². The van der Waals surface area contributed by atoms with Crippen LogP contribution in [0.3, 0.4) is 0 Å². The number of nitrogens with one attached hydrogen (secondary N) is 2. The van der Waals surface area contributed by atoms with E-state index < -0.39 is 12.1 Å². The van der Waals surface area contributed by atoms with Crippen LogP contribution in [-0.2, 0) is 22.4 Å². The molecule has 0 bridgehead atoms. The first-order chi connectivity index (χ1) is 14.5. The molecule has 2 amide bonds. The summed E-state index contributed by atoms with van der Waals surface area (Å²) in [6.07, 6.45) is 1.90. The van der Waals surface area contributed by atoms with E-state index in [0.29, 0.717) is 18.8 Å². The highest BCUT2D eigenvalue weighted by Crippen LogP contribution is 2.41. The Morgan fingerprint density at radius 1 is 1.03 bits per heavy atom. The van der Waals surface area contributed by atoms with Crippen LogP contribution in [0.25, 0.3) is 10.9 Å². The molecule has 5 nitrogen and oxygen atoms in total. The number of H-pyrrole nitrogens is 1. The van der Waals surface area contributed by atoms with Gasteiger partial charge in [0.25, 0.3) is 0 Å². The van der Waals surface area contributed by atoms with Crippen LogP contribution >= 0.6 is 0 Å². The van der Waals surface area contributed by atoms with Crippen molar-refractivity contribution >= 4 is 22.7 Å². The van der Waals surface area contributed by atoms with Gasteiger partial charge < -0.3 is 15.2 Å². The van der Waals surface area contributed by atoms with Crippen molar-refractivity contribution < 1.29 is 9.59 Å². The molecular weight excluding hydrogens is 374 g/mol. The fraction of sp³-hybridized carbons (Fsp3) is 0.360. The van der Waals surface area contributed by atoms with Crippen molar-refractivity contribution in [3.63, 3.8) is 0 Å². The number of carbonyl (C=O) groups is 2. The number of nitrogens with zero attached hydrogens (tertiary/aromatic N) is 1. The van der Waals surface area contributed by atoms with Crippen molar-refractivity contribution in [1.29, 1.82) is 0 Å². The molecule has 2 aliphatic rings. The van der Waals surface area contributed by atoms with Gasteiger partial charge in [-0.15, -0.1) is 0 Å². The lowest BCUT2D eigenvalue weighted by Crippen LogP contribution is -2.66. The lowest BCUT2D eigenvalue weighted by molar-refractivity contribution is -0.153. The van der Waals surface area contributed by atoms with Crippen LogP contribution < -0.4 is 5.32 Å². The summed E-state index contributed by atoms with van der Waals surface area (Å²) in [6, 6.07) is 17.0. The van der Waals surface area contributed by atoms with E-state index in [2.05, 4.69) is 36.3 Å². The Hall–Kier alpha value is -3.08. The fourth-order valence-corrected chi connectivity index (χ4v) is 5.08. The Morgan fingerprint density at radius 3 is 2.53 bits per heavy atom. The minimum Gasteiger partial charge on any atom is -0.356 e. The van der Waals surface area contributed by atoms with Gasteiger partial charge in [0.1, 0.15) is 12.1 Å². The summed E-state index contributed by atoms with van der Waals surface area (Å²) in [5, 5.41) is 4.18. The van der Waals surface area contributed by atoms with Crippen LogP contribution in [0.4, 0.5) is 0 Å². The first-order valence-electron chi connectivity index (χ1n) is 10.8.